The number of rotatable bonds is 4. The average Bonchev–Trinajstić information content (AvgIpc) is 3.37. The zero-order valence-corrected chi connectivity index (χ0v) is 18.1. The maximum atomic E-state index is 12.7. The minimum Gasteiger partial charge on any atom is -0.324 e. The number of pyridine rings is 1. The summed E-state index contributed by atoms with van der Waals surface area (Å²) in [7, 11) is -3.24. The molecule has 32 heavy (non-hydrogen) atoms. The van der Waals surface area contributed by atoms with Crippen LogP contribution in [0.4, 0.5) is 5.95 Å². The van der Waals surface area contributed by atoms with E-state index in [0.29, 0.717) is 22.8 Å². The summed E-state index contributed by atoms with van der Waals surface area (Å²) in [6.07, 6.45) is 2.88. The van der Waals surface area contributed by atoms with Crippen LogP contribution in [0.1, 0.15) is 16.2 Å². The number of benzene rings is 2. The number of sulfone groups is 1. The van der Waals surface area contributed by atoms with Gasteiger partial charge in [0.15, 0.2) is 9.84 Å². The van der Waals surface area contributed by atoms with E-state index < -0.39 is 9.84 Å². The third-order valence-corrected chi connectivity index (χ3v) is 6.39. The van der Waals surface area contributed by atoms with Crippen LogP contribution >= 0.6 is 0 Å². The molecule has 5 rings (SSSR count). The lowest BCUT2D eigenvalue weighted by Crippen LogP contribution is -2.13. The predicted molar refractivity (Wildman–Crippen MR) is 123 cm³/mol. The Hall–Kier alpha value is -3.98. The predicted octanol–water partition coefficient (Wildman–Crippen LogP) is 3.84. The molecule has 0 aliphatic rings. The number of hydrogen-bond acceptors (Lipinski definition) is 5. The zero-order chi connectivity index (χ0) is 22.5. The van der Waals surface area contributed by atoms with Crippen molar-refractivity contribution in [2.24, 2.45) is 0 Å². The molecule has 2 aromatic carbocycles. The largest absolute Gasteiger partial charge is 0.324 e. The van der Waals surface area contributed by atoms with E-state index in [1.807, 2.05) is 47.7 Å². The van der Waals surface area contributed by atoms with Gasteiger partial charge in [-0.15, -0.1) is 0 Å². The number of nitrogens with zero attached hydrogens (tertiary/aromatic N) is 3. The van der Waals surface area contributed by atoms with E-state index in [-0.39, 0.29) is 10.8 Å². The second kappa shape index (κ2) is 7.31. The topological polar surface area (TPSA) is 109 Å². The molecule has 8 nitrogen and oxygen atoms in total. The summed E-state index contributed by atoms with van der Waals surface area (Å²) in [5.74, 6) is -0.0351. The van der Waals surface area contributed by atoms with E-state index in [4.69, 9.17) is 0 Å². The molecule has 0 spiro atoms. The van der Waals surface area contributed by atoms with Gasteiger partial charge in [-0.1, -0.05) is 24.3 Å². The van der Waals surface area contributed by atoms with Gasteiger partial charge in [0.05, 0.1) is 15.9 Å². The smallest absolute Gasteiger partial charge is 0.278 e. The Labute approximate surface area is 183 Å². The van der Waals surface area contributed by atoms with Crippen molar-refractivity contribution in [1.29, 1.82) is 0 Å². The molecule has 0 saturated heterocycles. The summed E-state index contributed by atoms with van der Waals surface area (Å²) in [5, 5.41) is 2.76. The molecular formula is C23H19N5O3S. The average molecular weight is 446 g/mol. The van der Waals surface area contributed by atoms with E-state index in [1.54, 1.807) is 30.5 Å². The Morgan fingerprint density at radius 1 is 1.00 bits per heavy atom. The molecule has 0 unspecified atom stereocenters. The molecule has 2 N–H and O–H groups in total. The molecule has 0 atom stereocenters. The van der Waals surface area contributed by atoms with Crippen molar-refractivity contribution < 1.29 is 13.2 Å². The molecule has 5 aromatic rings. The normalized spacial score (nSPS) is 11.8. The first-order chi connectivity index (χ1) is 15.3. The quantitative estimate of drug-likeness (QED) is 0.437. The first-order valence-electron chi connectivity index (χ1n) is 9.84. The number of aromatic nitrogens is 4. The lowest BCUT2D eigenvalue weighted by molar-refractivity contribution is 0.102. The fourth-order valence-electron chi connectivity index (χ4n) is 3.57. The minimum absolute atomic E-state index is 0.274. The highest BCUT2D eigenvalue weighted by Gasteiger charge is 2.14. The van der Waals surface area contributed by atoms with E-state index in [2.05, 4.69) is 20.3 Å². The number of anilines is 1. The number of amides is 1. The molecule has 0 fully saturated rings. The Kier molecular flexibility index (Phi) is 4.56. The summed E-state index contributed by atoms with van der Waals surface area (Å²) in [4.78, 5) is 24.9. The number of carbonyl (C=O) groups is 1. The summed E-state index contributed by atoms with van der Waals surface area (Å²) in [6, 6.07) is 18.0. The summed E-state index contributed by atoms with van der Waals surface area (Å²) in [6.45, 7) is 1.95. The van der Waals surface area contributed by atoms with E-state index in [1.165, 1.54) is 6.26 Å². The first kappa shape index (κ1) is 20.0. The van der Waals surface area contributed by atoms with Crippen LogP contribution in [0.25, 0.3) is 27.8 Å². The Morgan fingerprint density at radius 3 is 2.47 bits per heavy atom. The molecule has 1 amide bonds. The number of hydrogen-bond donors (Lipinski definition) is 2. The van der Waals surface area contributed by atoms with Crippen molar-refractivity contribution in [3.05, 3.63) is 78.2 Å². The zero-order valence-electron chi connectivity index (χ0n) is 17.3. The fraction of sp³-hybridized carbons (Fsp3) is 0.0870. The molecule has 0 aliphatic heterocycles. The summed E-state index contributed by atoms with van der Waals surface area (Å²) in [5.41, 5.74) is 5.19. The molecule has 0 saturated carbocycles. The van der Waals surface area contributed by atoms with Crippen molar-refractivity contribution in [2.45, 2.75) is 11.8 Å². The van der Waals surface area contributed by atoms with Gasteiger partial charge >= 0.3 is 0 Å². The van der Waals surface area contributed by atoms with Gasteiger partial charge in [-0.3, -0.25) is 10.1 Å². The van der Waals surface area contributed by atoms with Crippen molar-refractivity contribution in [2.75, 3.05) is 11.6 Å². The Morgan fingerprint density at radius 2 is 1.75 bits per heavy atom. The van der Waals surface area contributed by atoms with Gasteiger partial charge in [0.25, 0.3) is 5.91 Å². The third kappa shape index (κ3) is 3.63. The van der Waals surface area contributed by atoms with Gasteiger partial charge in [-0.05, 0) is 54.4 Å². The van der Waals surface area contributed by atoms with Gasteiger partial charge in [0.1, 0.15) is 11.3 Å². The molecule has 0 bridgehead atoms. The number of aromatic amines is 1. The molecule has 160 valence electrons. The Balaban J connectivity index is 1.41. The number of imidazole rings is 2. The van der Waals surface area contributed by atoms with Crippen molar-refractivity contribution in [3.8, 4) is 11.1 Å². The van der Waals surface area contributed by atoms with E-state index in [0.717, 1.165) is 22.3 Å². The summed E-state index contributed by atoms with van der Waals surface area (Å²) < 4.78 is 25.2. The van der Waals surface area contributed by atoms with Crippen LogP contribution in [0.15, 0.2) is 71.8 Å². The SMILES string of the molecule is Cc1cccc2nc(C(=O)Nc3nc4ccc(-c5ccc(S(C)(=O)=O)cc5)cc4[nH]3)cn12. The second-order valence-corrected chi connectivity index (χ2v) is 9.61. The molecule has 3 heterocycles. The van der Waals surface area contributed by atoms with Crippen LogP contribution in [0, 0.1) is 6.92 Å². The van der Waals surface area contributed by atoms with E-state index in [9.17, 15) is 13.2 Å². The number of H-pyrrole nitrogens is 1. The lowest BCUT2D eigenvalue weighted by atomic mass is 10.1. The molecule has 9 heteroatoms. The minimum atomic E-state index is -3.24. The van der Waals surface area contributed by atoms with Crippen LogP contribution in [0.5, 0.6) is 0 Å². The molecular weight excluding hydrogens is 426 g/mol. The Bertz CT molecular complexity index is 1600. The highest BCUT2D eigenvalue weighted by molar-refractivity contribution is 7.90. The van der Waals surface area contributed by atoms with Gasteiger partial charge in [0, 0.05) is 18.1 Å². The lowest BCUT2D eigenvalue weighted by Gasteiger charge is -2.03. The van der Waals surface area contributed by atoms with Crippen LogP contribution in [0.3, 0.4) is 0 Å². The monoisotopic (exact) mass is 445 g/mol. The van der Waals surface area contributed by atoms with Gasteiger partial charge in [-0.2, -0.15) is 0 Å². The van der Waals surface area contributed by atoms with Crippen LogP contribution in [-0.4, -0.2) is 39.9 Å². The van der Waals surface area contributed by atoms with Crippen molar-refractivity contribution in [1.82, 2.24) is 19.4 Å². The van der Waals surface area contributed by atoms with Gasteiger partial charge in [-0.25, -0.2) is 18.4 Å². The highest BCUT2D eigenvalue weighted by atomic mass is 32.2. The highest BCUT2D eigenvalue weighted by Crippen LogP contribution is 2.25. The first-order valence-corrected chi connectivity index (χ1v) is 11.7. The maximum Gasteiger partial charge on any atom is 0.278 e. The van der Waals surface area contributed by atoms with E-state index >= 15 is 0 Å². The van der Waals surface area contributed by atoms with Crippen molar-refractivity contribution in [3.63, 3.8) is 0 Å². The number of aryl methyl sites for hydroxylation is 1. The maximum absolute atomic E-state index is 12.7. The van der Waals surface area contributed by atoms with Crippen molar-refractivity contribution >= 4 is 38.4 Å². The third-order valence-electron chi connectivity index (χ3n) is 5.26. The van der Waals surface area contributed by atoms with Crippen LogP contribution in [0.2, 0.25) is 0 Å². The number of carbonyl (C=O) groups excluding carboxylic acids is 1. The fourth-order valence-corrected chi connectivity index (χ4v) is 4.20. The number of nitrogens with one attached hydrogen (secondary N) is 2. The van der Waals surface area contributed by atoms with Crippen LogP contribution < -0.4 is 5.32 Å². The standard InChI is InChI=1S/C23H19N5O3S/c1-14-4-3-5-21-24-20(13-28(14)21)22(29)27-23-25-18-11-8-16(12-19(18)26-23)15-6-9-17(10-7-15)32(2,30)31/h3-13H,1-2H3,(H2,25,26,27,29). The van der Waals surface area contributed by atoms with Gasteiger partial charge < -0.3 is 9.38 Å². The van der Waals surface area contributed by atoms with Crippen LogP contribution in [-0.2, 0) is 9.84 Å². The molecule has 3 aromatic heterocycles. The molecule has 0 radical (unpaired) electrons. The number of fused-ring (bicyclic) bond motifs is 2. The second-order valence-electron chi connectivity index (χ2n) is 7.59. The summed E-state index contributed by atoms with van der Waals surface area (Å²) >= 11 is 0. The molecule has 0 aliphatic carbocycles. The van der Waals surface area contributed by atoms with Gasteiger partial charge in [0.2, 0.25) is 5.95 Å².